The normalized spacial score (nSPS) is 9.83. The average Bonchev–Trinajstić information content (AvgIpc) is 2.36. The van der Waals surface area contributed by atoms with Gasteiger partial charge in [-0.15, -0.1) is 0 Å². The topological polar surface area (TPSA) is 80.9 Å². The number of nitrogens with one attached hydrogen (secondary N) is 1. The van der Waals surface area contributed by atoms with Crippen molar-refractivity contribution in [2.45, 2.75) is 13.3 Å². The van der Waals surface area contributed by atoms with Gasteiger partial charge in [0.1, 0.15) is 5.82 Å². The number of anilines is 1. The highest BCUT2D eigenvalue weighted by atomic mass is 32.1. The van der Waals surface area contributed by atoms with Gasteiger partial charge in [-0.1, -0.05) is 0 Å². The highest BCUT2D eigenvalue weighted by Crippen LogP contribution is 2.09. The summed E-state index contributed by atoms with van der Waals surface area (Å²) in [6.07, 6.45) is 0.318. The van der Waals surface area contributed by atoms with Gasteiger partial charge in [0.15, 0.2) is 0 Å². The highest BCUT2D eigenvalue weighted by Gasteiger charge is 2.03. The van der Waals surface area contributed by atoms with Crippen LogP contribution in [0.4, 0.5) is 5.13 Å². The van der Waals surface area contributed by atoms with E-state index in [1.807, 2.05) is 0 Å². The van der Waals surface area contributed by atoms with Crippen molar-refractivity contribution >= 4 is 22.6 Å². The Hall–Kier alpha value is -1.01. The first-order chi connectivity index (χ1) is 5.72. The van der Waals surface area contributed by atoms with Crippen molar-refractivity contribution in [3.05, 3.63) is 5.82 Å². The zero-order valence-electron chi connectivity index (χ0n) is 6.70. The summed E-state index contributed by atoms with van der Waals surface area (Å²) in [5.41, 5.74) is 5.19. The van der Waals surface area contributed by atoms with Crippen LogP contribution in [-0.2, 0) is 4.79 Å². The van der Waals surface area contributed by atoms with Crippen molar-refractivity contribution in [3.63, 3.8) is 0 Å². The number of nitrogens with two attached hydrogens (primary N) is 1. The maximum Gasteiger partial charge on any atom is 0.227 e. The number of aryl methyl sites for hydroxylation is 1. The Bertz CT molecular complexity index is 272. The molecule has 12 heavy (non-hydrogen) atoms. The Morgan fingerprint density at radius 2 is 2.50 bits per heavy atom. The summed E-state index contributed by atoms with van der Waals surface area (Å²) in [6.45, 7) is 2.12. The van der Waals surface area contributed by atoms with Crippen molar-refractivity contribution in [2.75, 3.05) is 11.9 Å². The van der Waals surface area contributed by atoms with Crippen molar-refractivity contribution < 1.29 is 4.79 Å². The standard InChI is InChI=1S/C6H10N4OS/c1-4-8-6(12-10-4)9-5(11)2-3-7/h2-3,7H2,1H3,(H,8,9,10,11). The van der Waals surface area contributed by atoms with E-state index in [1.165, 1.54) is 11.5 Å². The van der Waals surface area contributed by atoms with E-state index in [0.717, 1.165) is 0 Å². The summed E-state index contributed by atoms with van der Waals surface area (Å²) in [7, 11) is 0. The van der Waals surface area contributed by atoms with Gasteiger partial charge in [0, 0.05) is 24.5 Å². The fourth-order valence-corrected chi connectivity index (χ4v) is 1.25. The third kappa shape index (κ3) is 2.55. The second kappa shape index (κ2) is 4.13. The summed E-state index contributed by atoms with van der Waals surface area (Å²) in [5, 5.41) is 3.12. The van der Waals surface area contributed by atoms with E-state index < -0.39 is 0 Å². The predicted molar refractivity (Wildman–Crippen MR) is 46.9 cm³/mol. The Morgan fingerprint density at radius 3 is 3.00 bits per heavy atom. The van der Waals surface area contributed by atoms with Crippen LogP contribution in [0.1, 0.15) is 12.2 Å². The summed E-state index contributed by atoms with van der Waals surface area (Å²) in [6, 6.07) is 0. The summed E-state index contributed by atoms with van der Waals surface area (Å²) >= 11 is 1.17. The molecule has 0 spiro atoms. The highest BCUT2D eigenvalue weighted by molar-refractivity contribution is 7.09. The minimum Gasteiger partial charge on any atom is -0.330 e. The molecule has 0 aliphatic carbocycles. The van der Waals surface area contributed by atoms with Crippen LogP contribution in [0, 0.1) is 6.92 Å². The molecule has 0 aliphatic rings. The van der Waals surface area contributed by atoms with Crippen molar-refractivity contribution in [1.82, 2.24) is 9.36 Å². The first-order valence-electron chi connectivity index (χ1n) is 3.52. The number of rotatable bonds is 3. The number of nitrogens with zero attached hydrogens (tertiary/aromatic N) is 2. The largest absolute Gasteiger partial charge is 0.330 e. The van der Waals surface area contributed by atoms with E-state index in [2.05, 4.69) is 14.7 Å². The molecule has 1 aromatic heterocycles. The number of amides is 1. The first-order valence-corrected chi connectivity index (χ1v) is 4.30. The van der Waals surface area contributed by atoms with Crippen LogP contribution in [0.25, 0.3) is 0 Å². The molecule has 66 valence electrons. The fraction of sp³-hybridized carbons (Fsp3) is 0.500. The third-order valence-electron chi connectivity index (χ3n) is 1.15. The number of carbonyl (C=O) groups excluding carboxylic acids is 1. The van der Waals surface area contributed by atoms with E-state index >= 15 is 0 Å². The SMILES string of the molecule is Cc1nsc(NC(=O)CCN)n1. The summed E-state index contributed by atoms with van der Waals surface area (Å²) in [5.74, 6) is 0.552. The van der Waals surface area contributed by atoms with Gasteiger partial charge in [0.05, 0.1) is 0 Å². The lowest BCUT2D eigenvalue weighted by Crippen LogP contribution is -2.15. The third-order valence-corrected chi connectivity index (χ3v) is 1.87. The van der Waals surface area contributed by atoms with Gasteiger partial charge in [-0.3, -0.25) is 4.79 Å². The molecule has 0 bridgehead atoms. The zero-order chi connectivity index (χ0) is 8.97. The summed E-state index contributed by atoms with van der Waals surface area (Å²) in [4.78, 5) is 14.9. The Labute approximate surface area is 74.2 Å². The molecule has 0 aliphatic heterocycles. The molecule has 1 amide bonds. The minimum atomic E-state index is -0.117. The van der Waals surface area contributed by atoms with Crippen LogP contribution in [0.3, 0.4) is 0 Å². The number of hydrogen-bond acceptors (Lipinski definition) is 5. The van der Waals surface area contributed by atoms with E-state index in [1.54, 1.807) is 6.92 Å². The molecule has 6 heteroatoms. The molecule has 1 heterocycles. The van der Waals surface area contributed by atoms with Crippen molar-refractivity contribution in [2.24, 2.45) is 5.73 Å². The van der Waals surface area contributed by atoms with Crippen molar-refractivity contribution in [3.8, 4) is 0 Å². The lowest BCUT2D eigenvalue weighted by Gasteiger charge is -1.96. The molecule has 0 atom stereocenters. The Morgan fingerprint density at radius 1 is 1.75 bits per heavy atom. The molecule has 5 nitrogen and oxygen atoms in total. The molecular formula is C6H10N4OS. The van der Waals surface area contributed by atoms with Gasteiger partial charge in [-0.2, -0.15) is 4.37 Å². The second-order valence-corrected chi connectivity index (χ2v) is 2.99. The fourth-order valence-electron chi connectivity index (χ4n) is 0.661. The van der Waals surface area contributed by atoms with Crippen molar-refractivity contribution in [1.29, 1.82) is 0 Å². The van der Waals surface area contributed by atoms with Crippen LogP contribution in [0.5, 0.6) is 0 Å². The molecule has 0 saturated carbocycles. The van der Waals surface area contributed by atoms with Gasteiger partial charge in [-0.05, 0) is 6.92 Å². The van der Waals surface area contributed by atoms with Crippen LogP contribution in [0.15, 0.2) is 0 Å². The van der Waals surface area contributed by atoms with Crippen LogP contribution in [0.2, 0.25) is 0 Å². The van der Waals surface area contributed by atoms with E-state index in [-0.39, 0.29) is 5.91 Å². The van der Waals surface area contributed by atoms with Gasteiger partial charge in [-0.25, -0.2) is 4.98 Å². The van der Waals surface area contributed by atoms with Crippen LogP contribution in [-0.4, -0.2) is 21.8 Å². The molecule has 0 aromatic carbocycles. The van der Waals surface area contributed by atoms with E-state index in [9.17, 15) is 4.79 Å². The predicted octanol–water partition coefficient (Wildman–Crippen LogP) is 0.134. The molecule has 0 fully saturated rings. The smallest absolute Gasteiger partial charge is 0.227 e. The quantitative estimate of drug-likeness (QED) is 0.703. The number of hydrogen-bond donors (Lipinski definition) is 2. The Balaban J connectivity index is 2.46. The van der Waals surface area contributed by atoms with E-state index in [4.69, 9.17) is 5.73 Å². The number of carbonyl (C=O) groups is 1. The second-order valence-electron chi connectivity index (χ2n) is 2.23. The first kappa shape index (κ1) is 9.08. The van der Waals surface area contributed by atoms with Crippen LogP contribution >= 0.6 is 11.5 Å². The van der Waals surface area contributed by atoms with Gasteiger partial charge >= 0.3 is 0 Å². The molecule has 1 rings (SSSR count). The van der Waals surface area contributed by atoms with Gasteiger partial charge in [0.2, 0.25) is 11.0 Å². The van der Waals surface area contributed by atoms with E-state index in [0.29, 0.717) is 23.9 Å². The lowest BCUT2D eigenvalue weighted by molar-refractivity contribution is -0.116. The molecule has 1 aromatic rings. The van der Waals surface area contributed by atoms with Gasteiger partial charge in [0.25, 0.3) is 0 Å². The van der Waals surface area contributed by atoms with Gasteiger partial charge < -0.3 is 11.1 Å². The molecule has 0 saturated heterocycles. The summed E-state index contributed by atoms with van der Waals surface area (Å²) < 4.78 is 3.91. The minimum absolute atomic E-state index is 0.117. The lowest BCUT2D eigenvalue weighted by atomic mass is 10.4. The molecule has 0 radical (unpaired) electrons. The monoisotopic (exact) mass is 186 g/mol. The van der Waals surface area contributed by atoms with Crippen LogP contribution < -0.4 is 11.1 Å². The maximum atomic E-state index is 11.0. The zero-order valence-corrected chi connectivity index (χ0v) is 7.52. The molecule has 3 N–H and O–H groups in total. The Kier molecular flexibility index (Phi) is 3.12. The average molecular weight is 186 g/mol. The number of aromatic nitrogens is 2. The molecular weight excluding hydrogens is 176 g/mol. The molecule has 0 unspecified atom stereocenters. The maximum absolute atomic E-state index is 11.0.